The average molecular weight is 694 g/mol. The molecule has 4 atom stereocenters. The van der Waals surface area contributed by atoms with Crippen molar-refractivity contribution < 1.29 is 62.9 Å². The van der Waals surface area contributed by atoms with E-state index in [0.29, 0.717) is 0 Å². The highest BCUT2D eigenvalue weighted by molar-refractivity contribution is 14.1. The molecule has 2 rings (SSSR count). The molecule has 0 aliphatic heterocycles. The van der Waals surface area contributed by atoms with Crippen LogP contribution in [-0.4, -0.2) is 19.6 Å². The van der Waals surface area contributed by atoms with Gasteiger partial charge in [0.05, 0.1) is 17.2 Å². The van der Waals surface area contributed by atoms with Crippen molar-refractivity contribution in [2.24, 2.45) is 11.3 Å². The van der Waals surface area contributed by atoms with Gasteiger partial charge >= 0.3 is 24.7 Å². The van der Waals surface area contributed by atoms with Crippen molar-refractivity contribution in [2.45, 2.75) is 43.8 Å². The van der Waals surface area contributed by atoms with Gasteiger partial charge in [-0.3, -0.25) is 0 Å². The molecule has 39 heavy (non-hydrogen) atoms. The van der Waals surface area contributed by atoms with Gasteiger partial charge in [0.2, 0.25) is 0 Å². The molecule has 0 saturated carbocycles. The van der Waals surface area contributed by atoms with Gasteiger partial charge in [-0.15, -0.1) is 0 Å². The fraction of sp³-hybridized carbons (Fsp3) is 0.455. The zero-order valence-corrected chi connectivity index (χ0v) is 21.2. The van der Waals surface area contributed by atoms with Crippen LogP contribution in [0.2, 0.25) is 0 Å². The molecule has 17 heteroatoms. The SMILES string of the molecule is CC(CI)C(C#N)(C(O)c1cc(C(F)(F)F)cc(C(F)(F)F)c1)C(O)c1cc(C(F)(F)F)nc(C(F)(F)F)c1. The monoisotopic (exact) mass is 694 g/mol. The van der Waals surface area contributed by atoms with E-state index in [9.17, 15) is 68.2 Å². The lowest BCUT2D eigenvalue weighted by atomic mass is 9.66. The molecule has 0 aliphatic carbocycles. The third kappa shape index (κ3) is 6.88. The minimum atomic E-state index is -5.50. The Labute approximate surface area is 225 Å². The van der Waals surface area contributed by atoms with Crippen LogP contribution < -0.4 is 0 Å². The van der Waals surface area contributed by atoms with E-state index < -0.39 is 81.9 Å². The van der Waals surface area contributed by atoms with Crippen LogP contribution in [-0.2, 0) is 24.7 Å². The fourth-order valence-corrected chi connectivity index (χ4v) is 4.47. The zero-order valence-electron chi connectivity index (χ0n) is 19.0. The van der Waals surface area contributed by atoms with Crippen molar-refractivity contribution in [3.8, 4) is 6.07 Å². The summed E-state index contributed by atoms with van der Waals surface area (Å²) in [7, 11) is 0. The Morgan fingerprint density at radius 1 is 0.718 bits per heavy atom. The van der Waals surface area contributed by atoms with Gasteiger partial charge in [0.25, 0.3) is 0 Å². The van der Waals surface area contributed by atoms with Crippen LogP contribution in [0.5, 0.6) is 0 Å². The lowest BCUT2D eigenvalue weighted by Gasteiger charge is -2.41. The van der Waals surface area contributed by atoms with Crippen LogP contribution in [0.15, 0.2) is 30.3 Å². The van der Waals surface area contributed by atoms with Crippen LogP contribution in [0.1, 0.15) is 52.8 Å². The van der Waals surface area contributed by atoms with E-state index in [0.717, 1.165) is 6.92 Å². The summed E-state index contributed by atoms with van der Waals surface area (Å²) in [6.45, 7) is 1.07. The number of hydrogen-bond donors (Lipinski definition) is 2. The van der Waals surface area contributed by atoms with Crippen LogP contribution in [0, 0.1) is 22.7 Å². The molecule has 216 valence electrons. The van der Waals surface area contributed by atoms with Gasteiger partial charge in [-0.05, 0) is 47.4 Å². The molecule has 0 fully saturated rings. The molecule has 0 spiro atoms. The van der Waals surface area contributed by atoms with Crippen molar-refractivity contribution >= 4 is 22.6 Å². The second-order valence-electron chi connectivity index (χ2n) is 8.41. The van der Waals surface area contributed by atoms with Gasteiger partial charge in [-0.25, -0.2) is 4.98 Å². The lowest BCUT2D eigenvalue weighted by Crippen LogP contribution is -2.41. The Hall–Kier alpha value is -2.33. The average Bonchev–Trinajstić information content (AvgIpc) is 2.81. The normalized spacial score (nSPS) is 17.2. The van der Waals surface area contributed by atoms with E-state index >= 15 is 0 Å². The topological polar surface area (TPSA) is 77.1 Å². The largest absolute Gasteiger partial charge is 0.433 e. The molecule has 0 saturated heterocycles. The Balaban J connectivity index is 2.91. The first-order valence-electron chi connectivity index (χ1n) is 10.3. The molecule has 0 radical (unpaired) electrons. The van der Waals surface area contributed by atoms with Gasteiger partial charge in [-0.2, -0.15) is 57.9 Å². The van der Waals surface area contributed by atoms with Gasteiger partial charge in [0.15, 0.2) is 0 Å². The molecular formula is C22H15F12IN2O2. The first-order chi connectivity index (χ1) is 17.5. The molecule has 2 N–H and O–H groups in total. The number of benzene rings is 1. The maximum Gasteiger partial charge on any atom is 0.433 e. The molecule has 0 amide bonds. The maximum absolute atomic E-state index is 13.4. The predicted octanol–water partition coefficient (Wildman–Crippen LogP) is 7.50. The van der Waals surface area contributed by atoms with Gasteiger partial charge in [-0.1, -0.05) is 29.5 Å². The van der Waals surface area contributed by atoms with E-state index in [4.69, 9.17) is 0 Å². The van der Waals surface area contributed by atoms with E-state index in [1.165, 1.54) is 28.7 Å². The van der Waals surface area contributed by atoms with Crippen molar-refractivity contribution in [3.05, 3.63) is 64.0 Å². The first kappa shape index (κ1) is 32.9. The summed E-state index contributed by atoms with van der Waals surface area (Å²) in [4.78, 5) is 2.45. The number of aliphatic hydroxyl groups is 2. The summed E-state index contributed by atoms with van der Waals surface area (Å²) in [6.07, 6.45) is -27.3. The maximum atomic E-state index is 13.4. The first-order valence-corrected chi connectivity index (χ1v) is 11.8. The van der Waals surface area contributed by atoms with Crippen molar-refractivity contribution in [1.82, 2.24) is 4.98 Å². The highest BCUT2D eigenvalue weighted by atomic mass is 127. The number of halogens is 13. The Kier molecular flexibility index (Phi) is 9.20. The van der Waals surface area contributed by atoms with Crippen LogP contribution in [0.4, 0.5) is 52.7 Å². The standard InChI is InChI=1S/C22H15F12IN2O2/c1-9(7-35)18(8-36,16(38)10-2-12(19(23,24)25)6-13(3-10)20(26,27)28)17(39)11-4-14(21(29,30)31)37-15(5-11)22(32,33)34/h2-6,9,16-17,38-39H,7H2,1H3. The van der Waals surface area contributed by atoms with Gasteiger partial charge in [0.1, 0.15) is 29.0 Å². The van der Waals surface area contributed by atoms with Crippen molar-refractivity contribution in [2.75, 3.05) is 4.43 Å². The Bertz CT molecular complexity index is 1090. The molecule has 1 aromatic carbocycles. The Morgan fingerprint density at radius 2 is 1.08 bits per heavy atom. The number of pyridine rings is 1. The predicted molar refractivity (Wildman–Crippen MR) is 117 cm³/mol. The minimum Gasteiger partial charge on any atom is -0.387 e. The number of nitriles is 1. The summed E-state index contributed by atoms with van der Waals surface area (Å²) in [5, 5.41) is 32.0. The molecule has 4 unspecified atom stereocenters. The van der Waals surface area contributed by atoms with E-state index in [1.807, 2.05) is 0 Å². The van der Waals surface area contributed by atoms with E-state index in [2.05, 4.69) is 4.98 Å². The Morgan fingerprint density at radius 3 is 1.36 bits per heavy atom. The van der Waals surface area contributed by atoms with Crippen LogP contribution in [0.3, 0.4) is 0 Å². The molecular weight excluding hydrogens is 679 g/mol. The quantitative estimate of drug-likeness (QED) is 0.187. The molecule has 0 aliphatic rings. The third-order valence-corrected chi connectivity index (χ3v) is 7.14. The second-order valence-corrected chi connectivity index (χ2v) is 9.29. The number of nitrogens with zero attached hydrogens (tertiary/aromatic N) is 2. The number of alkyl halides is 13. The van der Waals surface area contributed by atoms with E-state index in [-0.39, 0.29) is 34.8 Å². The highest BCUT2D eigenvalue weighted by Crippen LogP contribution is 2.52. The zero-order chi connectivity index (χ0) is 30.4. The summed E-state index contributed by atoms with van der Waals surface area (Å²) in [5.74, 6) is -1.42. The smallest absolute Gasteiger partial charge is 0.387 e. The second kappa shape index (κ2) is 10.9. The minimum absolute atomic E-state index is 0.0352. The van der Waals surface area contributed by atoms with Crippen LogP contribution in [0.25, 0.3) is 0 Å². The number of aromatic nitrogens is 1. The summed E-state index contributed by atoms with van der Waals surface area (Å²) in [6, 6.07) is 0.993. The van der Waals surface area contributed by atoms with Gasteiger partial charge < -0.3 is 10.2 Å². The third-order valence-electron chi connectivity index (χ3n) is 5.82. The summed E-state index contributed by atoms with van der Waals surface area (Å²) in [5.41, 5.74) is -13.6. The number of rotatable bonds is 6. The summed E-state index contributed by atoms with van der Waals surface area (Å²) < 4.78 is 160. The summed E-state index contributed by atoms with van der Waals surface area (Å²) >= 11 is 1.54. The van der Waals surface area contributed by atoms with Crippen molar-refractivity contribution in [1.29, 1.82) is 5.26 Å². The highest BCUT2D eigenvalue weighted by Gasteiger charge is 2.52. The molecule has 0 bridgehead atoms. The van der Waals surface area contributed by atoms with Crippen LogP contribution >= 0.6 is 22.6 Å². The van der Waals surface area contributed by atoms with Crippen molar-refractivity contribution in [3.63, 3.8) is 0 Å². The number of aliphatic hydroxyl groups excluding tert-OH is 2. The molecule has 2 aromatic rings. The number of hydrogen-bond acceptors (Lipinski definition) is 4. The lowest BCUT2D eigenvalue weighted by molar-refractivity contribution is -0.150. The fourth-order valence-electron chi connectivity index (χ4n) is 3.74. The van der Waals surface area contributed by atoms with Gasteiger partial charge in [0, 0.05) is 4.43 Å². The molecule has 1 aromatic heterocycles. The van der Waals surface area contributed by atoms with E-state index in [1.54, 1.807) is 0 Å². The molecule has 1 heterocycles. The molecule has 4 nitrogen and oxygen atoms in total.